The summed E-state index contributed by atoms with van der Waals surface area (Å²) in [6.07, 6.45) is 0.315. The topological polar surface area (TPSA) is 96.9 Å². The fourth-order valence-electron chi connectivity index (χ4n) is 1.31. The van der Waals surface area contributed by atoms with Crippen LogP contribution < -0.4 is 11.1 Å². The molecule has 0 radical (unpaired) electrons. The molecule has 0 spiro atoms. The number of nitrogens with one attached hydrogen (secondary N) is 1. The van der Waals surface area contributed by atoms with Crippen molar-refractivity contribution in [3.63, 3.8) is 0 Å². The predicted molar refractivity (Wildman–Crippen MR) is 68.7 cm³/mol. The third-order valence-electron chi connectivity index (χ3n) is 2.25. The minimum Gasteiger partial charge on any atom is -0.409 e. The number of amides is 1. The van der Waals surface area contributed by atoms with Gasteiger partial charge in [-0.25, -0.2) is 0 Å². The smallest absolute Gasteiger partial charge is 0.226 e. The normalized spacial score (nSPS) is 11.3. The summed E-state index contributed by atoms with van der Waals surface area (Å²) < 4.78 is 5.09. The molecule has 0 fully saturated rings. The molecule has 98 valence electrons. The Hall–Kier alpha value is -2.08. The number of hydrogen-bond acceptors (Lipinski definition) is 4. The van der Waals surface area contributed by atoms with Crippen LogP contribution in [-0.4, -0.2) is 30.2 Å². The van der Waals surface area contributed by atoms with Gasteiger partial charge < -0.3 is 21.0 Å². The van der Waals surface area contributed by atoms with Crippen molar-refractivity contribution in [1.29, 1.82) is 0 Å². The average Bonchev–Trinajstić information content (AvgIpc) is 2.39. The van der Waals surface area contributed by atoms with Crippen molar-refractivity contribution in [2.75, 3.05) is 18.5 Å². The summed E-state index contributed by atoms with van der Waals surface area (Å²) in [5.74, 6) is -0.0794. The highest BCUT2D eigenvalue weighted by atomic mass is 16.5. The monoisotopic (exact) mass is 251 g/mol. The van der Waals surface area contributed by atoms with E-state index in [9.17, 15) is 4.79 Å². The first-order valence-corrected chi connectivity index (χ1v) is 5.63. The summed E-state index contributed by atoms with van der Waals surface area (Å²) >= 11 is 0. The first kappa shape index (κ1) is 14.0. The molecular weight excluding hydrogens is 234 g/mol. The Kier molecular flexibility index (Phi) is 5.66. The van der Waals surface area contributed by atoms with Gasteiger partial charge in [-0.3, -0.25) is 4.79 Å². The van der Waals surface area contributed by atoms with E-state index in [1.54, 1.807) is 24.3 Å². The second-order valence-electron chi connectivity index (χ2n) is 3.56. The van der Waals surface area contributed by atoms with Gasteiger partial charge in [0, 0.05) is 17.9 Å². The summed E-state index contributed by atoms with van der Waals surface area (Å²) in [5.41, 5.74) is 6.67. The highest BCUT2D eigenvalue weighted by Crippen LogP contribution is 2.09. The minimum absolute atomic E-state index is 0.0317. The van der Waals surface area contributed by atoms with E-state index < -0.39 is 0 Å². The molecule has 0 saturated carbocycles. The third-order valence-corrected chi connectivity index (χ3v) is 2.25. The number of rotatable bonds is 6. The number of anilines is 1. The van der Waals surface area contributed by atoms with Gasteiger partial charge in [0.2, 0.25) is 5.91 Å². The lowest BCUT2D eigenvalue weighted by Gasteiger charge is -2.06. The quantitative estimate of drug-likeness (QED) is 0.232. The van der Waals surface area contributed by atoms with Crippen LogP contribution in [0.2, 0.25) is 0 Å². The lowest BCUT2D eigenvalue weighted by Crippen LogP contribution is -2.15. The maximum absolute atomic E-state index is 11.5. The van der Waals surface area contributed by atoms with Gasteiger partial charge in [0.15, 0.2) is 5.84 Å². The fraction of sp³-hybridized carbons (Fsp3) is 0.333. The molecule has 0 aliphatic carbocycles. The lowest BCUT2D eigenvalue weighted by molar-refractivity contribution is -0.117. The van der Waals surface area contributed by atoms with Crippen molar-refractivity contribution in [3.8, 4) is 0 Å². The average molecular weight is 251 g/mol. The molecular formula is C12H17N3O3. The zero-order chi connectivity index (χ0) is 13.4. The summed E-state index contributed by atoms with van der Waals surface area (Å²) in [6, 6.07) is 6.69. The molecule has 1 aromatic rings. The lowest BCUT2D eigenvalue weighted by atomic mass is 10.2. The standard InChI is InChI=1S/C12H17N3O3/c1-2-18-8-7-11(16)14-10-5-3-9(4-6-10)12(13)15-17/h3-6,17H,2,7-8H2,1H3,(H2,13,15)(H,14,16). The maximum atomic E-state index is 11.5. The summed E-state index contributed by atoms with van der Waals surface area (Å²) in [6.45, 7) is 2.88. The van der Waals surface area contributed by atoms with Crippen LogP contribution in [0.4, 0.5) is 5.69 Å². The summed E-state index contributed by atoms with van der Waals surface area (Å²) in [5, 5.41) is 14.1. The fourth-order valence-corrected chi connectivity index (χ4v) is 1.31. The van der Waals surface area contributed by atoms with Crippen molar-refractivity contribution in [1.82, 2.24) is 0 Å². The Balaban J connectivity index is 2.51. The Labute approximate surface area is 105 Å². The molecule has 6 heteroatoms. The number of carbonyl (C=O) groups is 1. The van der Waals surface area contributed by atoms with E-state index >= 15 is 0 Å². The highest BCUT2D eigenvalue weighted by molar-refractivity contribution is 5.98. The van der Waals surface area contributed by atoms with Crippen molar-refractivity contribution in [2.24, 2.45) is 10.9 Å². The van der Waals surface area contributed by atoms with Gasteiger partial charge in [-0.1, -0.05) is 5.16 Å². The Bertz CT molecular complexity index is 415. The van der Waals surface area contributed by atoms with Crippen LogP contribution in [-0.2, 0) is 9.53 Å². The van der Waals surface area contributed by atoms with E-state index in [0.29, 0.717) is 30.9 Å². The first-order valence-electron chi connectivity index (χ1n) is 5.63. The number of carbonyl (C=O) groups excluding carboxylic acids is 1. The van der Waals surface area contributed by atoms with Gasteiger partial charge in [-0.15, -0.1) is 0 Å². The molecule has 0 aromatic heterocycles. The van der Waals surface area contributed by atoms with Gasteiger partial charge in [0.05, 0.1) is 13.0 Å². The van der Waals surface area contributed by atoms with Crippen LogP contribution in [0.3, 0.4) is 0 Å². The number of nitrogens with zero attached hydrogens (tertiary/aromatic N) is 1. The van der Waals surface area contributed by atoms with Gasteiger partial charge >= 0.3 is 0 Å². The van der Waals surface area contributed by atoms with Crippen LogP contribution in [0.5, 0.6) is 0 Å². The van der Waals surface area contributed by atoms with Gasteiger partial charge in [0.25, 0.3) is 0 Å². The van der Waals surface area contributed by atoms with E-state index in [1.165, 1.54) is 0 Å². The molecule has 6 nitrogen and oxygen atoms in total. The van der Waals surface area contributed by atoms with Crippen molar-refractivity contribution >= 4 is 17.4 Å². The van der Waals surface area contributed by atoms with Crippen LogP contribution >= 0.6 is 0 Å². The van der Waals surface area contributed by atoms with E-state index in [-0.39, 0.29) is 11.7 Å². The zero-order valence-corrected chi connectivity index (χ0v) is 10.2. The number of benzene rings is 1. The Morgan fingerprint density at radius 2 is 2.11 bits per heavy atom. The number of hydrogen-bond donors (Lipinski definition) is 3. The van der Waals surface area contributed by atoms with E-state index in [0.717, 1.165) is 0 Å². The zero-order valence-electron chi connectivity index (χ0n) is 10.2. The molecule has 0 heterocycles. The molecule has 1 rings (SSSR count). The van der Waals surface area contributed by atoms with E-state index in [2.05, 4.69) is 10.5 Å². The second-order valence-corrected chi connectivity index (χ2v) is 3.56. The number of amidine groups is 1. The van der Waals surface area contributed by atoms with E-state index in [4.69, 9.17) is 15.7 Å². The van der Waals surface area contributed by atoms with Crippen molar-refractivity contribution in [3.05, 3.63) is 29.8 Å². The number of nitrogens with two attached hydrogens (primary N) is 1. The molecule has 1 amide bonds. The molecule has 4 N–H and O–H groups in total. The molecule has 0 saturated heterocycles. The SMILES string of the molecule is CCOCCC(=O)Nc1ccc(C(N)=NO)cc1. The maximum Gasteiger partial charge on any atom is 0.226 e. The third kappa shape index (κ3) is 4.42. The van der Waals surface area contributed by atoms with Crippen molar-refractivity contribution < 1.29 is 14.7 Å². The number of oxime groups is 1. The molecule has 0 bridgehead atoms. The van der Waals surface area contributed by atoms with Crippen LogP contribution in [0.1, 0.15) is 18.9 Å². The summed E-state index contributed by atoms with van der Waals surface area (Å²) in [7, 11) is 0. The summed E-state index contributed by atoms with van der Waals surface area (Å²) in [4.78, 5) is 11.5. The van der Waals surface area contributed by atoms with Crippen LogP contribution in [0.15, 0.2) is 29.4 Å². The molecule has 1 aromatic carbocycles. The molecule has 0 aliphatic heterocycles. The van der Waals surface area contributed by atoms with Crippen LogP contribution in [0.25, 0.3) is 0 Å². The molecule has 0 aliphatic rings. The predicted octanol–water partition coefficient (Wildman–Crippen LogP) is 1.15. The Morgan fingerprint density at radius 1 is 1.44 bits per heavy atom. The van der Waals surface area contributed by atoms with Crippen LogP contribution in [0, 0.1) is 0 Å². The number of ether oxygens (including phenoxy) is 1. The minimum atomic E-state index is -0.111. The first-order chi connectivity index (χ1) is 8.67. The largest absolute Gasteiger partial charge is 0.409 e. The van der Waals surface area contributed by atoms with Gasteiger partial charge in [-0.05, 0) is 31.2 Å². The van der Waals surface area contributed by atoms with E-state index in [1.807, 2.05) is 6.92 Å². The highest BCUT2D eigenvalue weighted by Gasteiger charge is 2.03. The molecule has 0 atom stereocenters. The second kappa shape index (κ2) is 7.29. The van der Waals surface area contributed by atoms with Crippen molar-refractivity contribution in [2.45, 2.75) is 13.3 Å². The molecule has 18 heavy (non-hydrogen) atoms. The molecule has 0 unspecified atom stereocenters. The van der Waals surface area contributed by atoms with Gasteiger partial charge in [0.1, 0.15) is 0 Å². The Morgan fingerprint density at radius 3 is 2.67 bits per heavy atom. The van der Waals surface area contributed by atoms with Gasteiger partial charge in [-0.2, -0.15) is 0 Å².